The van der Waals surface area contributed by atoms with Crippen LogP contribution in [0.25, 0.3) is 10.9 Å². The Balaban J connectivity index is 1.51. The number of hydrogen-bond donors (Lipinski definition) is 1. The van der Waals surface area contributed by atoms with E-state index in [9.17, 15) is 0 Å². The molecule has 2 aromatic carbocycles. The summed E-state index contributed by atoms with van der Waals surface area (Å²) in [6.45, 7) is 7.06. The zero-order chi connectivity index (χ0) is 21.3. The Kier molecular flexibility index (Phi) is 7.40. The van der Waals surface area contributed by atoms with E-state index < -0.39 is 0 Å². The van der Waals surface area contributed by atoms with Crippen molar-refractivity contribution in [3.8, 4) is 6.07 Å². The van der Waals surface area contributed by atoms with Crippen LogP contribution in [0.5, 0.6) is 0 Å². The minimum atomic E-state index is 0.704. The molecule has 0 saturated carbocycles. The van der Waals surface area contributed by atoms with Crippen LogP contribution in [0.2, 0.25) is 0 Å². The monoisotopic (exact) mass is 395 g/mol. The minimum absolute atomic E-state index is 0.704. The molecule has 3 heteroatoms. The highest BCUT2D eigenvalue weighted by Crippen LogP contribution is 2.20. The molecular formula is C27H29N3. The number of aryl methyl sites for hydroxylation is 1. The van der Waals surface area contributed by atoms with Gasteiger partial charge in [0, 0.05) is 29.4 Å². The minimum Gasteiger partial charge on any atom is -0.361 e. The fraction of sp³-hybridized carbons (Fsp3) is 0.259. The second kappa shape index (κ2) is 10.4. The molecule has 0 fully saturated rings. The van der Waals surface area contributed by atoms with Crippen LogP contribution in [0.3, 0.4) is 0 Å². The summed E-state index contributed by atoms with van der Waals surface area (Å²) >= 11 is 0. The summed E-state index contributed by atoms with van der Waals surface area (Å²) < 4.78 is 0. The second-order valence-corrected chi connectivity index (χ2v) is 7.67. The molecule has 0 spiro atoms. The first-order chi connectivity index (χ1) is 14.6. The molecule has 0 unspecified atom stereocenters. The molecule has 0 aliphatic heterocycles. The van der Waals surface area contributed by atoms with E-state index in [1.807, 2.05) is 24.3 Å². The molecule has 0 atom stereocenters. The van der Waals surface area contributed by atoms with Crippen molar-refractivity contribution in [2.24, 2.45) is 4.99 Å². The molecule has 0 amide bonds. The molecule has 3 rings (SSSR count). The molecule has 0 bridgehead atoms. The molecule has 30 heavy (non-hydrogen) atoms. The second-order valence-electron chi connectivity index (χ2n) is 7.67. The first-order valence-electron chi connectivity index (χ1n) is 10.5. The van der Waals surface area contributed by atoms with Crippen LogP contribution < -0.4 is 0 Å². The largest absolute Gasteiger partial charge is 0.361 e. The van der Waals surface area contributed by atoms with Crippen molar-refractivity contribution < 1.29 is 0 Å². The number of nitrogens with zero attached hydrogens (tertiary/aromatic N) is 2. The zero-order valence-corrected chi connectivity index (χ0v) is 18.1. The van der Waals surface area contributed by atoms with E-state index in [4.69, 9.17) is 10.3 Å². The number of aromatic nitrogens is 1. The van der Waals surface area contributed by atoms with Gasteiger partial charge in [-0.05, 0) is 81.5 Å². The number of allylic oxidation sites excluding steroid dienone is 4. The Labute approximate surface area is 179 Å². The van der Waals surface area contributed by atoms with Crippen molar-refractivity contribution in [1.29, 1.82) is 5.26 Å². The number of nitriles is 1. The van der Waals surface area contributed by atoms with Crippen molar-refractivity contribution in [2.75, 3.05) is 6.54 Å². The number of H-pyrrole nitrogens is 1. The van der Waals surface area contributed by atoms with E-state index in [1.54, 1.807) is 0 Å². The summed E-state index contributed by atoms with van der Waals surface area (Å²) in [4.78, 5) is 8.07. The number of benzene rings is 2. The van der Waals surface area contributed by atoms with Crippen molar-refractivity contribution in [2.45, 2.75) is 40.0 Å². The van der Waals surface area contributed by atoms with Crippen molar-refractivity contribution >= 4 is 16.6 Å². The average Bonchev–Trinajstić information content (AvgIpc) is 3.15. The van der Waals surface area contributed by atoms with E-state index >= 15 is 0 Å². The van der Waals surface area contributed by atoms with Gasteiger partial charge >= 0.3 is 0 Å². The third-order valence-corrected chi connectivity index (χ3v) is 5.33. The van der Waals surface area contributed by atoms with E-state index in [0.717, 1.165) is 31.5 Å². The number of nitrogens with one attached hydrogen (secondary N) is 1. The van der Waals surface area contributed by atoms with Crippen LogP contribution in [0, 0.1) is 18.3 Å². The maximum atomic E-state index is 8.91. The normalized spacial score (nSPS) is 12.6. The molecule has 1 heterocycles. The number of hydrogen-bond acceptors (Lipinski definition) is 2. The molecule has 0 radical (unpaired) electrons. The molecule has 3 aromatic rings. The molecule has 0 saturated heterocycles. The highest BCUT2D eigenvalue weighted by atomic mass is 14.7. The quantitative estimate of drug-likeness (QED) is 0.344. The van der Waals surface area contributed by atoms with Crippen molar-refractivity contribution in [3.05, 3.63) is 94.7 Å². The SMILES string of the molecule is CC=C(C/C=C/C(C)=NCCc1c[nH]c2ccc(C)cc12)Cc1ccc(C#N)cc1. The van der Waals surface area contributed by atoms with Gasteiger partial charge in [0.15, 0.2) is 0 Å². The van der Waals surface area contributed by atoms with E-state index in [-0.39, 0.29) is 0 Å². The smallest absolute Gasteiger partial charge is 0.0991 e. The Bertz CT molecular complexity index is 1120. The standard InChI is InChI=1S/C27H29N3/c1-4-22(17-23-9-11-24(18-28)12-10-23)7-5-6-21(3)29-15-14-25-19-30-27-13-8-20(2)16-26(25)27/h4-6,8-13,16,19,30H,7,14-15,17H2,1-3H3/b6-5+,22-4?,29-21?. The predicted octanol–water partition coefficient (Wildman–Crippen LogP) is 6.49. The molecule has 1 N–H and O–H groups in total. The van der Waals surface area contributed by atoms with Gasteiger partial charge in [-0.25, -0.2) is 0 Å². The summed E-state index contributed by atoms with van der Waals surface area (Å²) in [7, 11) is 0. The lowest BCUT2D eigenvalue weighted by Gasteiger charge is -2.05. The molecule has 3 nitrogen and oxygen atoms in total. The Morgan fingerprint density at radius 2 is 1.97 bits per heavy atom. The number of aromatic amines is 1. The first-order valence-corrected chi connectivity index (χ1v) is 10.5. The van der Waals surface area contributed by atoms with Crippen LogP contribution >= 0.6 is 0 Å². The van der Waals surface area contributed by atoms with E-state index in [0.29, 0.717) is 5.56 Å². The molecular weight excluding hydrogens is 366 g/mol. The van der Waals surface area contributed by atoms with Gasteiger partial charge in [-0.3, -0.25) is 4.99 Å². The summed E-state index contributed by atoms with van der Waals surface area (Å²) in [5.74, 6) is 0. The maximum absolute atomic E-state index is 8.91. The van der Waals surface area contributed by atoms with Crippen molar-refractivity contribution in [3.63, 3.8) is 0 Å². The Morgan fingerprint density at radius 1 is 1.17 bits per heavy atom. The van der Waals surface area contributed by atoms with E-state index in [1.165, 1.54) is 33.2 Å². The lowest BCUT2D eigenvalue weighted by atomic mass is 10.0. The lowest BCUT2D eigenvalue weighted by Crippen LogP contribution is -1.94. The van der Waals surface area contributed by atoms with Gasteiger partial charge in [0.05, 0.1) is 11.6 Å². The molecule has 0 aliphatic rings. The van der Waals surface area contributed by atoms with Crippen LogP contribution in [0.1, 0.15) is 42.5 Å². The third kappa shape index (κ3) is 5.81. The van der Waals surface area contributed by atoms with Crippen LogP contribution in [-0.2, 0) is 12.8 Å². The van der Waals surface area contributed by atoms with Gasteiger partial charge < -0.3 is 4.98 Å². The fourth-order valence-electron chi connectivity index (χ4n) is 3.54. The van der Waals surface area contributed by atoms with Gasteiger partial charge in [-0.15, -0.1) is 0 Å². The maximum Gasteiger partial charge on any atom is 0.0991 e. The highest BCUT2D eigenvalue weighted by Gasteiger charge is 2.03. The zero-order valence-electron chi connectivity index (χ0n) is 18.1. The van der Waals surface area contributed by atoms with Crippen LogP contribution in [-0.4, -0.2) is 17.2 Å². The Hall–Kier alpha value is -3.38. The average molecular weight is 396 g/mol. The predicted molar refractivity (Wildman–Crippen MR) is 127 cm³/mol. The van der Waals surface area contributed by atoms with Gasteiger partial charge in [0.25, 0.3) is 0 Å². The van der Waals surface area contributed by atoms with Gasteiger partial charge in [-0.2, -0.15) is 5.26 Å². The Morgan fingerprint density at radius 3 is 2.70 bits per heavy atom. The van der Waals surface area contributed by atoms with Crippen LogP contribution in [0.15, 0.2) is 77.5 Å². The number of fused-ring (bicyclic) bond motifs is 1. The van der Waals surface area contributed by atoms with Gasteiger partial charge in [-0.1, -0.05) is 41.5 Å². The fourth-order valence-corrected chi connectivity index (χ4v) is 3.54. The number of rotatable bonds is 8. The van der Waals surface area contributed by atoms with Crippen molar-refractivity contribution in [1.82, 2.24) is 4.98 Å². The highest BCUT2D eigenvalue weighted by molar-refractivity contribution is 5.92. The summed E-state index contributed by atoms with van der Waals surface area (Å²) in [5.41, 5.74) is 8.15. The summed E-state index contributed by atoms with van der Waals surface area (Å²) in [6.07, 6.45) is 11.3. The topological polar surface area (TPSA) is 51.9 Å². The first kappa shape index (κ1) is 21.3. The lowest BCUT2D eigenvalue weighted by molar-refractivity contribution is 0.975. The van der Waals surface area contributed by atoms with Gasteiger partial charge in [0.1, 0.15) is 0 Å². The summed E-state index contributed by atoms with van der Waals surface area (Å²) in [6, 6.07) is 16.5. The van der Waals surface area contributed by atoms with E-state index in [2.05, 4.69) is 74.4 Å². The van der Waals surface area contributed by atoms with Crippen LogP contribution in [0.4, 0.5) is 0 Å². The summed E-state index contributed by atoms with van der Waals surface area (Å²) in [5, 5.41) is 10.2. The molecule has 1 aromatic heterocycles. The van der Waals surface area contributed by atoms with Gasteiger partial charge in [0.2, 0.25) is 0 Å². The molecule has 0 aliphatic carbocycles. The molecule has 152 valence electrons. The number of aliphatic imine (C=N–C) groups is 1. The third-order valence-electron chi connectivity index (χ3n) is 5.33.